The maximum absolute atomic E-state index is 13.8. The van der Waals surface area contributed by atoms with Crippen LogP contribution in [0.15, 0.2) is 51.5 Å². The molecular weight excluding hydrogens is 455 g/mol. The highest BCUT2D eigenvalue weighted by Crippen LogP contribution is 2.31. The first kappa shape index (κ1) is 20.0. The Hall–Kier alpha value is -2.71. The first-order valence-corrected chi connectivity index (χ1v) is 9.17. The van der Waals surface area contributed by atoms with Gasteiger partial charge in [0.05, 0.1) is 10.7 Å². The lowest BCUT2D eigenvalue weighted by molar-refractivity contribution is -0.119. The fraction of sp³-hybridized carbons (Fsp3) is 0.105. The molecule has 1 heterocycles. The molecule has 144 valence electrons. The quantitative estimate of drug-likeness (QED) is 0.534. The number of halogens is 3. The van der Waals surface area contributed by atoms with E-state index in [0.29, 0.717) is 15.1 Å². The van der Waals surface area contributed by atoms with E-state index < -0.39 is 24.3 Å². The van der Waals surface area contributed by atoms with Crippen LogP contribution in [0.5, 0.6) is 0 Å². The van der Waals surface area contributed by atoms with Crippen molar-refractivity contribution in [2.75, 3.05) is 11.9 Å². The number of hydrogen-bond acceptors (Lipinski definition) is 5. The number of benzene rings is 2. The van der Waals surface area contributed by atoms with Crippen LogP contribution in [0.4, 0.5) is 10.1 Å². The van der Waals surface area contributed by atoms with Gasteiger partial charge in [-0.2, -0.15) is 0 Å². The predicted octanol–water partition coefficient (Wildman–Crippen LogP) is 5.00. The van der Waals surface area contributed by atoms with Crippen molar-refractivity contribution >= 4 is 45.1 Å². The van der Waals surface area contributed by atoms with Gasteiger partial charge in [-0.3, -0.25) is 4.79 Å². The Balaban J connectivity index is 1.71. The SMILES string of the molecule is Cc1onc(-c2ccccc2Cl)c1C(=O)OCC(=O)Nc1ccc(Br)cc1F. The van der Waals surface area contributed by atoms with E-state index in [1.165, 1.54) is 12.1 Å². The molecule has 0 aliphatic heterocycles. The maximum atomic E-state index is 13.8. The van der Waals surface area contributed by atoms with Crippen LogP contribution in [-0.4, -0.2) is 23.6 Å². The summed E-state index contributed by atoms with van der Waals surface area (Å²) in [6.07, 6.45) is 0. The van der Waals surface area contributed by atoms with Crippen molar-refractivity contribution in [1.82, 2.24) is 5.16 Å². The number of rotatable bonds is 5. The second kappa shape index (κ2) is 8.53. The molecule has 3 aromatic rings. The molecule has 1 N–H and O–H groups in total. The van der Waals surface area contributed by atoms with Gasteiger partial charge in [-0.15, -0.1) is 0 Å². The van der Waals surface area contributed by atoms with Crippen molar-refractivity contribution in [2.45, 2.75) is 6.92 Å². The standard InChI is InChI=1S/C19H13BrClFN2O4/c1-10-17(18(24-28-10)12-4-2-3-5-13(12)21)19(26)27-9-16(25)23-15-7-6-11(20)8-14(15)22/h2-8H,9H2,1H3,(H,23,25). The molecule has 28 heavy (non-hydrogen) atoms. The number of nitrogens with zero attached hydrogens (tertiary/aromatic N) is 1. The van der Waals surface area contributed by atoms with Crippen LogP contribution in [0.25, 0.3) is 11.3 Å². The molecular formula is C19H13BrClFN2O4. The number of aromatic nitrogens is 1. The Morgan fingerprint density at radius 2 is 2.04 bits per heavy atom. The summed E-state index contributed by atoms with van der Waals surface area (Å²) in [5, 5.41) is 6.59. The molecule has 0 unspecified atom stereocenters. The van der Waals surface area contributed by atoms with E-state index in [1.807, 2.05) is 0 Å². The lowest BCUT2D eigenvalue weighted by Gasteiger charge is -2.08. The molecule has 1 aromatic heterocycles. The Labute approximate surface area is 172 Å². The summed E-state index contributed by atoms with van der Waals surface area (Å²) < 4.78 is 24.4. The maximum Gasteiger partial charge on any atom is 0.344 e. The van der Waals surface area contributed by atoms with E-state index >= 15 is 0 Å². The fourth-order valence-corrected chi connectivity index (χ4v) is 2.99. The van der Waals surface area contributed by atoms with Gasteiger partial charge in [0, 0.05) is 10.0 Å². The van der Waals surface area contributed by atoms with Gasteiger partial charge in [-0.1, -0.05) is 50.9 Å². The fourth-order valence-electron chi connectivity index (χ4n) is 2.43. The van der Waals surface area contributed by atoms with Crippen molar-refractivity contribution in [3.05, 3.63) is 69.1 Å². The number of aryl methyl sites for hydroxylation is 1. The molecule has 0 fully saturated rings. The van der Waals surface area contributed by atoms with Gasteiger partial charge in [0.25, 0.3) is 5.91 Å². The van der Waals surface area contributed by atoms with Gasteiger partial charge in [0.2, 0.25) is 0 Å². The third-order valence-electron chi connectivity index (χ3n) is 3.74. The number of carbonyl (C=O) groups is 2. The monoisotopic (exact) mass is 466 g/mol. The number of carbonyl (C=O) groups excluding carboxylic acids is 2. The zero-order chi connectivity index (χ0) is 20.3. The molecule has 2 aromatic carbocycles. The molecule has 0 spiro atoms. The first-order valence-electron chi connectivity index (χ1n) is 8.00. The molecule has 0 saturated carbocycles. The van der Waals surface area contributed by atoms with Gasteiger partial charge in [0.1, 0.15) is 22.8 Å². The molecule has 0 radical (unpaired) electrons. The topological polar surface area (TPSA) is 81.4 Å². The smallest absolute Gasteiger partial charge is 0.344 e. The van der Waals surface area contributed by atoms with Crippen LogP contribution >= 0.6 is 27.5 Å². The van der Waals surface area contributed by atoms with E-state index in [0.717, 1.165) is 0 Å². The number of anilines is 1. The van der Waals surface area contributed by atoms with E-state index in [9.17, 15) is 14.0 Å². The second-order valence-electron chi connectivity index (χ2n) is 5.69. The van der Waals surface area contributed by atoms with Crippen molar-refractivity contribution in [3.8, 4) is 11.3 Å². The van der Waals surface area contributed by atoms with Crippen LogP contribution in [-0.2, 0) is 9.53 Å². The summed E-state index contributed by atoms with van der Waals surface area (Å²) in [4.78, 5) is 24.5. The number of amides is 1. The molecule has 0 atom stereocenters. The van der Waals surface area contributed by atoms with Gasteiger partial charge >= 0.3 is 5.97 Å². The molecule has 3 rings (SSSR count). The Kier molecular flexibility index (Phi) is 6.11. The highest BCUT2D eigenvalue weighted by molar-refractivity contribution is 9.10. The third kappa shape index (κ3) is 4.40. The Bertz CT molecular complexity index is 1050. The molecule has 1 amide bonds. The van der Waals surface area contributed by atoms with Crippen LogP contribution in [0, 0.1) is 12.7 Å². The van der Waals surface area contributed by atoms with Crippen LogP contribution in [0.3, 0.4) is 0 Å². The summed E-state index contributed by atoms with van der Waals surface area (Å²) in [7, 11) is 0. The van der Waals surface area contributed by atoms with Crippen LogP contribution in [0.2, 0.25) is 5.02 Å². The number of hydrogen-bond donors (Lipinski definition) is 1. The number of ether oxygens (including phenoxy) is 1. The molecule has 9 heteroatoms. The van der Waals surface area contributed by atoms with Crippen LogP contribution in [0.1, 0.15) is 16.1 Å². The minimum Gasteiger partial charge on any atom is -0.452 e. The second-order valence-corrected chi connectivity index (χ2v) is 7.01. The highest BCUT2D eigenvalue weighted by atomic mass is 79.9. The van der Waals surface area contributed by atoms with Crippen molar-refractivity contribution < 1.29 is 23.2 Å². The Morgan fingerprint density at radius 3 is 2.75 bits per heavy atom. The summed E-state index contributed by atoms with van der Waals surface area (Å²) >= 11 is 9.28. The average Bonchev–Trinajstić information content (AvgIpc) is 3.04. The van der Waals surface area contributed by atoms with E-state index in [-0.39, 0.29) is 22.7 Å². The van der Waals surface area contributed by atoms with Crippen molar-refractivity contribution in [1.29, 1.82) is 0 Å². The van der Waals surface area contributed by atoms with Crippen molar-refractivity contribution in [2.24, 2.45) is 0 Å². The molecule has 6 nitrogen and oxygen atoms in total. The average molecular weight is 468 g/mol. The van der Waals surface area contributed by atoms with E-state index in [1.54, 1.807) is 37.3 Å². The number of esters is 1. The lowest BCUT2D eigenvalue weighted by atomic mass is 10.1. The molecule has 0 aliphatic carbocycles. The predicted molar refractivity (Wildman–Crippen MR) is 105 cm³/mol. The van der Waals surface area contributed by atoms with Gasteiger partial charge in [0.15, 0.2) is 6.61 Å². The lowest BCUT2D eigenvalue weighted by Crippen LogP contribution is -2.21. The summed E-state index contributed by atoms with van der Waals surface area (Å²) in [5.74, 6) is -1.90. The minimum absolute atomic E-state index is 0.0258. The summed E-state index contributed by atoms with van der Waals surface area (Å²) in [6.45, 7) is 0.933. The zero-order valence-electron chi connectivity index (χ0n) is 14.5. The summed E-state index contributed by atoms with van der Waals surface area (Å²) in [5.41, 5.74) is 0.750. The third-order valence-corrected chi connectivity index (χ3v) is 4.56. The first-order chi connectivity index (χ1) is 13.4. The Morgan fingerprint density at radius 1 is 1.29 bits per heavy atom. The van der Waals surface area contributed by atoms with Gasteiger partial charge in [-0.25, -0.2) is 9.18 Å². The number of nitrogens with one attached hydrogen (secondary N) is 1. The van der Waals surface area contributed by atoms with E-state index in [2.05, 4.69) is 26.4 Å². The van der Waals surface area contributed by atoms with Gasteiger partial charge < -0.3 is 14.6 Å². The van der Waals surface area contributed by atoms with Crippen molar-refractivity contribution in [3.63, 3.8) is 0 Å². The molecule has 0 aliphatic rings. The minimum atomic E-state index is -0.805. The molecule has 0 saturated heterocycles. The highest BCUT2D eigenvalue weighted by Gasteiger charge is 2.25. The largest absolute Gasteiger partial charge is 0.452 e. The molecule has 0 bridgehead atoms. The van der Waals surface area contributed by atoms with Crippen LogP contribution < -0.4 is 5.32 Å². The van der Waals surface area contributed by atoms with Gasteiger partial charge in [-0.05, 0) is 31.2 Å². The zero-order valence-corrected chi connectivity index (χ0v) is 16.8. The normalized spacial score (nSPS) is 10.6. The van der Waals surface area contributed by atoms with E-state index in [4.69, 9.17) is 20.9 Å². The summed E-state index contributed by atoms with van der Waals surface area (Å²) in [6, 6.07) is 11.0.